The molecule has 0 saturated carbocycles. The van der Waals surface area contributed by atoms with Crippen LogP contribution in [0.2, 0.25) is 0 Å². The number of hydrogen-bond donors (Lipinski definition) is 0. The lowest BCUT2D eigenvalue weighted by molar-refractivity contribution is -0.141. The van der Waals surface area contributed by atoms with Crippen LogP contribution in [0.25, 0.3) is 0 Å². The Bertz CT molecular complexity index is 449. The van der Waals surface area contributed by atoms with Gasteiger partial charge in [-0.25, -0.2) is 9.97 Å². The Morgan fingerprint density at radius 1 is 1.39 bits per heavy atom. The zero-order chi connectivity index (χ0) is 13.2. The maximum Gasteiger partial charge on any atom is 0.434 e. The molecular formula is C11H11F3N4. The molecule has 0 bridgehead atoms. The van der Waals surface area contributed by atoms with Crippen molar-refractivity contribution in [1.29, 1.82) is 5.26 Å². The van der Waals surface area contributed by atoms with Crippen molar-refractivity contribution >= 4 is 5.82 Å². The number of halogens is 3. The van der Waals surface area contributed by atoms with Crippen LogP contribution >= 0.6 is 0 Å². The Morgan fingerprint density at radius 2 is 2.17 bits per heavy atom. The van der Waals surface area contributed by atoms with E-state index in [4.69, 9.17) is 5.26 Å². The first-order chi connectivity index (χ1) is 8.52. The van der Waals surface area contributed by atoms with Crippen LogP contribution in [0.5, 0.6) is 0 Å². The van der Waals surface area contributed by atoms with Gasteiger partial charge in [-0.2, -0.15) is 18.4 Å². The molecule has 1 aliphatic rings. The molecular weight excluding hydrogens is 245 g/mol. The monoisotopic (exact) mass is 256 g/mol. The molecule has 0 aliphatic carbocycles. The van der Waals surface area contributed by atoms with E-state index in [9.17, 15) is 13.2 Å². The van der Waals surface area contributed by atoms with Gasteiger partial charge in [-0.1, -0.05) is 0 Å². The summed E-state index contributed by atoms with van der Waals surface area (Å²) in [6, 6.07) is 2.10. The second kappa shape index (κ2) is 4.80. The fraction of sp³-hybridized carbons (Fsp3) is 0.545. The smallest absolute Gasteiger partial charge is 0.351 e. The Kier molecular flexibility index (Phi) is 3.36. The molecule has 0 unspecified atom stereocenters. The molecule has 0 aromatic carbocycles. The summed E-state index contributed by atoms with van der Waals surface area (Å²) in [5.41, 5.74) is -0.998. The maximum absolute atomic E-state index is 12.3. The van der Waals surface area contributed by atoms with Crippen molar-refractivity contribution in [3.05, 3.63) is 18.1 Å². The van der Waals surface area contributed by atoms with Gasteiger partial charge in [0.1, 0.15) is 5.82 Å². The summed E-state index contributed by atoms with van der Waals surface area (Å²) >= 11 is 0. The molecule has 1 aromatic heterocycles. The minimum atomic E-state index is -4.47. The minimum Gasteiger partial charge on any atom is -0.351 e. The average Bonchev–Trinajstić information content (AvgIpc) is 2.77. The standard InChI is InChI=1S/C11H11F3N4/c12-11(13,14)9-6-17-10(7-16-9)18-5-1-2-8(18)3-4-15/h6-8H,1-3,5H2/t8-/m0/s1. The summed E-state index contributed by atoms with van der Waals surface area (Å²) in [7, 11) is 0. The zero-order valence-corrected chi connectivity index (χ0v) is 9.48. The molecule has 4 nitrogen and oxygen atoms in total. The second-order valence-corrected chi connectivity index (χ2v) is 4.11. The van der Waals surface area contributed by atoms with Gasteiger partial charge in [0, 0.05) is 12.6 Å². The first kappa shape index (κ1) is 12.6. The number of nitriles is 1. The molecule has 2 rings (SSSR count). The minimum absolute atomic E-state index is 0.0287. The van der Waals surface area contributed by atoms with Crippen LogP contribution < -0.4 is 4.90 Å². The number of hydrogen-bond acceptors (Lipinski definition) is 4. The van der Waals surface area contributed by atoms with Crippen molar-refractivity contribution in [2.24, 2.45) is 0 Å². The molecule has 1 fully saturated rings. The highest BCUT2D eigenvalue weighted by Crippen LogP contribution is 2.29. The predicted molar refractivity (Wildman–Crippen MR) is 57.6 cm³/mol. The second-order valence-electron chi connectivity index (χ2n) is 4.11. The van der Waals surface area contributed by atoms with E-state index in [1.807, 2.05) is 4.90 Å². The lowest BCUT2D eigenvalue weighted by atomic mass is 10.2. The Hall–Kier alpha value is -1.84. The molecule has 18 heavy (non-hydrogen) atoms. The van der Waals surface area contributed by atoms with Gasteiger partial charge in [0.25, 0.3) is 0 Å². The first-order valence-corrected chi connectivity index (χ1v) is 5.55. The van der Waals surface area contributed by atoms with Crippen molar-refractivity contribution in [2.45, 2.75) is 31.5 Å². The van der Waals surface area contributed by atoms with E-state index >= 15 is 0 Å². The van der Waals surface area contributed by atoms with Gasteiger partial charge in [-0.05, 0) is 12.8 Å². The molecule has 1 aromatic rings. The molecule has 0 radical (unpaired) electrons. The van der Waals surface area contributed by atoms with Crippen LogP contribution in [-0.4, -0.2) is 22.6 Å². The molecule has 1 aliphatic heterocycles. The van der Waals surface area contributed by atoms with Crippen molar-refractivity contribution < 1.29 is 13.2 Å². The van der Waals surface area contributed by atoms with Crippen LogP contribution in [0.1, 0.15) is 25.0 Å². The summed E-state index contributed by atoms with van der Waals surface area (Å²) in [4.78, 5) is 9.01. The summed E-state index contributed by atoms with van der Waals surface area (Å²) in [5.74, 6) is 0.403. The van der Waals surface area contributed by atoms with E-state index in [1.165, 1.54) is 0 Å². The van der Waals surface area contributed by atoms with Gasteiger partial charge < -0.3 is 4.90 Å². The molecule has 0 amide bonds. The van der Waals surface area contributed by atoms with Crippen LogP contribution in [0.15, 0.2) is 12.4 Å². The molecule has 1 saturated heterocycles. The largest absolute Gasteiger partial charge is 0.434 e. The number of nitrogens with zero attached hydrogens (tertiary/aromatic N) is 4. The zero-order valence-electron chi connectivity index (χ0n) is 9.48. The Morgan fingerprint density at radius 3 is 2.72 bits per heavy atom. The average molecular weight is 256 g/mol. The lowest BCUT2D eigenvalue weighted by Crippen LogP contribution is -2.29. The fourth-order valence-corrected chi connectivity index (χ4v) is 2.07. The Labute approximate surface area is 102 Å². The molecule has 2 heterocycles. The van der Waals surface area contributed by atoms with E-state index in [0.29, 0.717) is 18.8 Å². The third kappa shape index (κ3) is 2.53. The van der Waals surface area contributed by atoms with E-state index in [2.05, 4.69) is 16.0 Å². The van der Waals surface area contributed by atoms with Crippen LogP contribution in [0.3, 0.4) is 0 Å². The lowest BCUT2D eigenvalue weighted by Gasteiger charge is -2.23. The highest BCUT2D eigenvalue weighted by Gasteiger charge is 2.33. The van der Waals surface area contributed by atoms with Crippen LogP contribution in [0.4, 0.5) is 19.0 Å². The highest BCUT2D eigenvalue weighted by molar-refractivity contribution is 5.39. The van der Waals surface area contributed by atoms with Crippen LogP contribution in [-0.2, 0) is 6.18 Å². The summed E-state index contributed by atoms with van der Waals surface area (Å²) < 4.78 is 37.0. The number of alkyl halides is 3. The van der Waals surface area contributed by atoms with Gasteiger partial charge in [-0.15, -0.1) is 0 Å². The normalized spacial score (nSPS) is 19.9. The summed E-state index contributed by atoms with van der Waals surface area (Å²) in [5, 5.41) is 8.68. The third-order valence-corrected chi connectivity index (χ3v) is 2.93. The van der Waals surface area contributed by atoms with Gasteiger partial charge in [0.2, 0.25) is 0 Å². The number of aromatic nitrogens is 2. The maximum atomic E-state index is 12.3. The molecule has 0 N–H and O–H groups in total. The topological polar surface area (TPSA) is 52.8 Å². The molecule has 96 valence electrons. The number of anilines is 1. The summed E-state index contributed by atoms with van der Waals surface area (Å²) in [6.45, 7) is 0.701. The van der Waals surface area contributed by atoms with E-state index in [0.717, 1.165) is 25.2 Å². The van der Waals surface area contributed by atoms with Gasteiger partial charge in [0.15, 0.2) is 5.69 Å². The molecule has 7 heteroatoms. The SMILES string of the molecule is N#CC[C@@H]1CCCN1c1cnc(C(F)(F)F)cn1. The van der Waals surface area contributed by atoms with E-state index in [1.54, 1.807) is 0 Å². The van der Waals surface area contributed by atoms with Crippen LogP contribution in [0, 0.1) is 11.3 Å². The van der Waals surface area contributed by atoms with Crippen molar-refractivity contribution in [3.8, 4) is 6.07 Å². The fourth-order valence-electron chi connectivity index (χ4n) is 2.07. The highest BCUT2D eigenvalue weighted by atomic mass is 19.4. The van der Waals surface area contributed by atoms with Gasteiger partial charge in [-0.3, -0.25) is 0 Å². The molecule has 1 atom stereocenters. The quantitative estimate of drug-likeness (QED) is 0.815. The van der Waals surface area contributed by atoms with Crippen molar-refractivity contribution in [3.63, 3.8) is 0 Å². The van der Waals surface area contributed by atoms with Crippen molar-refractivity contribution in [2.75, 3.05) is 11.4 Å². The van der Waals surface area contributed by atoms with Crippen molar-refractivity contribution in [1.82, 2.24) is 9.97 Å². The summed E-state index contributed by atoms with van der Waals surface area (Å²) in [6.07, 6.45) is -0.494. The van der Waals surface area contributed by atoms with Gasteiger partial charge in [0.05, 0.1) is 24.9 Å². The first-order valence-electron chi connectivity index (χ1n) is 5.55. The Balaban J connectivity index is 2.17. The van der Waals surface area contributed by atoms with E-state index < -0.39 is 11.9 Å². The molecule has 0 spiro atoms. The van der Waals surface area contributed by atoms with E-state index in [-0.39, 0.29) is 6.04 Å². The predicted octanol–water partition coefficient (Wildman–Crippen LogP) is 2.38. The van der Waals surface area contributed by atoms with Gasteiger partial charge >= 0.3 is 6.18 Å². The third-order valence-electron chi connectivity index (χ3n) is 2.93. The number of rotatable bonds is 2.